The van der Waals surface area contributed by atoms with Gasteiger partial charge in [0.1, 0.15) is 0 Å². The van der Waals surface area contributed by atoms with Crippen LogP contribution >= 0.6 is 0 Å². The van der Waals surface area contributed by atoms with Crippen molar-refractivity contribution >= 4 is 0 Å². The first-order chi connectivity index (χ1) is 19.6. The predicted octanol–water partition coefficient (Wildman–Crippen LogP) is 9.75. The molecule has 4 N–H and O–H groups in total. The Labute approximate surface area is 250 Å². The Kier molecular flexibility index (Phi) is 39.2. The van der Waals surface area contributed by atoms with Crippen molar-refractivity contribution < 1.29 is 20.4 Å². The van der Waals surface area contributed by atoms with Crippen LogP contribution in [0.1, 0.15) is 168 Å². The number of aliphatic hydroxyl groups excluding tert-OH is 4. The zero-order chi connectivity index (χ0) is 29.8. The van der Waals surface area contributed by atoms with Crippen LogP contribution in [0, 0.1) is 0 Å². The second kappa shape index (κ2) is 38.1. The van der Waals surface area contributed by atoms with Crippen molar-refractivity contribution in [3.63, 3.8) is 0 Å². The highest BCUT2D eigenvalue weighted by Gasteiger charge is 2.13. The maximum absolute atomic E-state index is 9.88. The van der Waals surface area contributed by atoms with E-state index in [4.69, 9.17) is 10.2 Å². The summed E-state index contributed by atoms with van der Waals surface area (Å²) in [5.41, 5.74) is 0. The average Bonchev–Trinajstić information content (AvgIpc) is 2.96. The first-order valence-electron chi connectivity index (χ1n) is 17.2. The molecule has 0 amide bonds. The highest BCUT2D eigenvalue weighted by molar-refractivity contribution is 4.92. The van der Waals surface area contributed by atoms with Crippen LogP contribution in [0.2, 0.25) is 0 Å². The van der Waals surface area contributed by atoms with E-state index in [0.29, 0.717) is 19.4 Å². The third kappa shape index (κ3) is 37.1. The lowest BCUT2D eigenvalue weighted by Crippen LogP contribution is -2.25. The number of hydrogen-bond acceptors (Lipinski definition) is 4. The van der Waals surface area contributed by atoms with E-state index in [9.17, 15) is 10.2 Å². The minimum Gasteiger partial charge on any atom is -0.396 e. The minimum atomic E-state index is -0.623. The molecule has 4 nitrogen and oxygen atoms in total. The van der Waals surface area contributed by atoms with Gasteiger partial charge in [-0.05, 0) is 70.6 Å². The fraction of sp³-hybridized carbons (Fsp3) is 0.833. The molecule has 2 atom stereocenters. The van der Waals surface area contributed by atoms with Crippen LogP contribution in [-0.2, 0) is 0 Å². The molecule has 4 heteroatoms. The lowest BCUT2D eigenvalue weighted by molar-refractivity contribution is 0.0152. The van der Waals surface area contributed by atoms with Crippen LogP contribution in [0.15, 0.2) is 36.5 Å². The molecule has 238 valence electrons. The average molecular weight is 567 g/mol. The van der Waals surface area contributed by atoms with Gasteiger partial charge in [0.05, 0.1) is 12.2 Å². The maximum Gasteiger partial charge on any atom is 0.0833 e. The molecule has 0 spiro atoms. The summed E-state index contributed by atoms with van der Waals surface area (Å²) in [4.78, 5) is 0. The van der Waals surface area contributed by atoms with Gasteiger partial charge in [-0.25, -0.2) is 0 Å². The maximum atomic E-state index is 9.88. The Bertz CT molecular complexity index is 529. The Morgan fingerprint density at radius 3 is 1.30 bits per heavy atom. The standard InChI is InChI=1S/C18H36O3.C18H34O/c1-2-3-4-5-8-11-14-17(20)18(21)15-12-9-6-7-10-13-16-19;1-2-3-4-5-6-7-8-9-10-11-12-13-14-15-16-17-18-19/h8,11,17-21H,2-7,9-10,12-16H2,1H3;6-7,9-10,19H,2-5,8,11-18H2,1H3/b11-8-;7-6-,10-9-. The largest absolute Gasteiger partial charge is 0.396 e. The van der Waals surface area contributed by atoms with Gasteiger partial charge >= 0.3 is 0 Å². The summed E-state index contributed by atoms with van der Waals surface area (Å²) in [6.07, 6.45) is 39.5. The van der Waals surface area contributed by atoms with Gasteiger partial charge < -0.3 is 20.4 Å². The molecule has 0 rings (SSSR count). The summed E-state index contributed by atoms with van der Waals surface area (Å²) < 4.78 is 0. The van der Waals surface area contributed by atoms with Crippen molar-refractivity contribution in [1.82, 2.24) is 0 Å². The first-order valence-corrected chi connectivity index (χ1v) is 17.2. The minimum absolute atomic E-state index is 0.289. The topological polar surface area (TPSA) is 80.9 Å². The van der Waals surface area contributed by atoms with E-state index in [1.807, 2.05) is 6.08 Å². The molecular weight excluding hydrogens is 496 g/mol. The molecule has 0 aromatic rings. The molecule has 0 aromatic heterocycles. The van der Waals surface area contributed by atoms with Crippen molar-refractivity contribution in [1.29, 1.82) is 0 Å². The van der Waals surface area contributed by atoms with E-state index in [-0.39, 0.29) is 6.61 Å². The van der Waals surface area contributed by atoms with Crippen molar-refractivity contribution in [3.8, 4) is 0 Å². The molecule has 2 unspecified atom stereocenters. The third-order valence-corrected chi connectivity index (χ3v) is 7.23. The summed E-state index contributed by atoms with van der Waals surface area (Å²) in [6, 6.07) is 0. The van der Waals surface area contributed by atoms with Crippen LogP contribution < -0.4 is 0 Å². The van der Waals surface area contributed by atoms with E-state index < -0.39 is 12.2 Å². The Hall–Kier alpha value is -0.940. The van der Waals surface area contributed by atoms with Gasteiger partial charge in [0.25, 0.3) is 0 Å². The molecule has 0 aliphatic rings. The van der Waals surface area contributed by atoms with Gasteiger partial charge in [-0.1, -0.05) is 134 Å². The normalized spacial score (nSPS) is 13.3. The molecule has 0 radical (unpaired) electrons. The summed E-state index contributed by atoms with van der Waals surface area (Å²) in [5.74, 6) is 0. The quantitative estimate of drug-likeness (QED) is 0.0536. The van der Waals surface area contributed by atoms with Crippen molar-refractivity contribution in [2.24, 2.45) is 0 Å². The molecule has 0 saturated carbocycles. The zero-order valence-corrected chi connectivity index (χ0v) is 26.8. The summed E-state index contributed by atoms with van der Waals surface area (Å²) in [6.45, 7) is 5.08. The second-order valence-electron chi connectivity index (χ2n) is 11.3. The van der Waals surface area contributed by atoms with E-state index >= 15 is 0 Å². The Balaban J connectivity index is 0. The molecule has 0 aliphatic carbocycles. The van der Waals surface area contributed by atoms with Crippen molar-refractivity contribution in [2.75, 3.05) is 13.2 Å². The van der Waals surface area contributed by atoms with Crippen LogP contribution in [0.4, 0.5) is 0 Å². The molecule has 0 aromatic carbocycles. The SMILES string of the molecule is CCCCC/C=C\C/C=C\CCCCCCCCO.CCCCC/C=C\CC(O)C(O)CCCCCCCCO. The molecule has 0 bridgehead atoms. The fourth-order valence-electron chi connectivity index (χ4n) is 4.49. The van der Waals surface area contributed by atoms with Crippen LogP contribution in [0.3, 0.4) is 0 Å². The van der Waals surface area contributed by atoms with Crippen LogP contribution in [0.25, 0.3) is 0 Å². The van der Waals surface area contributed by atoms with Gasteiger partial charge in [0, 0.05) is 13.2 Å². The van der Waals surface area contributed by atoms with Gasteiger partial charge in [-0.3, -0.25) is 0 Å². The molecule has 40 heavy (non-hydrogen) atoms. The summed E-state index contributed by atoms with van der Waals surface area (Å²) in [7, 11) is 0. The second-order valence-corrected chi connectivity index (χ2v) is 11.3. The predicted molar refractivity (Wildman–Crippen MR) is 176 cm³/mol. The van der Waals surface area contributed by atoms with E-state index in [2.05, 4.69) is 44.2 Å². The number of aliphatic hydroxyl groups is 4. The third-order valence-electron chi connectivity index (χ3n) is 7.23. The Morgan fingerprint density at radius 1 is 0.425 bits per heavy atom. The fourth-order valence-corrected chi connectivity index (χ4v) is 4.49. The number of allylic oxidation sites excluding steroid dienone is 5. The van der Waals surface area contributed by atoms with E-state index in [1.54, 1.807) is 0 Å². The van der Waals surface area contributed by atoms with E-state index in [0.717, 1.165) is 57.8 Å². The van der Waals surface area contributed by atoms with Gasteiger partial charge in [0.15, 0.2) is 0 Å². The highest BCUT2D eigenvalue weighted by Crippen LogP contribution is 2.13. The smallest absolute Gasteiger partial charge is 0.0833 e. The van der Waals surface area contributed by atoms with Crippen molar-refractivity contribution in [3.05, 3.63) is 36.5 Å². The zero-order valence-electron chi connectivity index (χ0n) is 26.8. The number of unbranched alkanes of at least 4 members (excludes halogenated alkanes) is 17. The first kappa shape index (κ1) is 41.2. The monoisotopic (exact) mass is 567 g/mol. The lowest BCUT2D eigenvalue weighted by Gasteiger charge is -2.16. The number of hydrogen-bond donors (Lipinski definition) is 4. The van der Waals surface area contributed by atoms with Gasteiger partial charge in [0.2, 0.25) is 0 Å². The van der Waals surface area contributed by atoms with Crippen LogP contribution in [-0.4, -0.2) is 45.8 Å². The molecule has 0 aliphatic heterocycles. The van der Waals surface area contributed by atoms with Crippen molar-refractivity contribution in [2.45, 2.75) is 180 Å². The number of rotatable bonds is 29. The summed E-state index contributed by atoms with van der Waals surface area (Å²) >= 11 is 0. The molecule has 0 heterocycles. The lowest BCUT2D eigenvalue weighted by atomic mass is 10.0. The molecule has 0 saturated heterocycles. The van der Waals surface area contributed by atoms with Gasteiger partial charge in [-0.2, -0.15) is 0 Å². The molecular formula is C36H70O4. The van der Waals surface area contributed by atoms with E-state index in [1.165, 1.54) is 83.5 Å². The van der Waals surface area contributed by atoms with Crippen LogP contribution in [0.5, 0.6) is 0 Å². The Morgan fingerprint density at radius 2 is 0.825 bits per heavy atom. The molecule has 0 fully saturated rings. The summed E-state index contributed by atoms with van der Waals surface area (Å²) in [5, 5.41) is 37.1. The highest BCUT2D eigenvalue weighted by atomic mass is 16.3. The van der Waals surface area contributed by atoms with Gasteiger partial charge in [-0.15, -0.1) is 0 Å².